The molecule has 0 aromatic heterocycles. The van der Waals surface area contributed by atoms with Gasteiger partial charge in [-0.25, -0.2) is 8.42 Å². The normalized spacial score (nSPS) is 24.4. The van der Waals surface area contributed by atoms with Gasteiger partial charge in [-0.1, -0.05) is 0 Å². The quantitative estimate of drug-likeness (QED) is 0.744. The summed E-state index contributed by atoms with van der Waals surface area (Å²) in [5, 5.41) is 8.58. The number of nitrogens with zero attached hydrogens (tertiary/aromatic N) is 1. The summed E-state index contributed by atoms with van der Waals surface area (Å²) in [5.41, 5.74) is 0. The fraction of sp³-hybridized carbons (Fsp3) is 0.833. The maximum Gasteiger partial charge on any atom is 0.350 e. The molecule has 1 fully saturated rings. The molecule has 1 saturated heterocycles. The molecule has 0 aromatic carbocycles. The molecule has 0 bridgehead atoms. The van der Waals surface area contributed by atoms with Crippen LogP contribution < -0.4 is 0 Å². The van der Waals surface area contributed by atoms with E-state index in [2.05, 4.69) is 0 Å². The van der Waals surface area contributed by atoms with Crippen LogP contribution in [0.3, 0.4) is 0 Å². The van der Waals surface area contributed by atoms with Crippen LogP contribution in [-0.4, -0.2) is 42.1 Å². The maximum absolute atomic E-state index is 12.1. The van der Waals surface area contributed by atoms with Gasteiger partial charge in [0, 0.05) is 6.54 Å². The van der Waals surface area contributed by atoms with Crippen LogP contribution in [0.15, 0.2) is 0 Å². The Hall–Kier alpha value is -0.760. The Morgan fingerprint density at radius 3 is 2.50 bits per heavy atom. The lowest BCUT2D eigenvalue weighted by molar-refractivity contribution is -0.140. The average Bonchev–Trinajstić information content (AvgIpc) is 2.51. The molecule has 0 radical (unpaired) electrons. The van der Waals surface area contributed by atoms with E-state index in [1.807, 2.05) is 0 Å². The van der Waals surface area contributed by atoms with Gasteiger partial charge >= 0.3 is 11.7 Å². The second-order valence-electron chi connectivity index (χ2n) is 2.91. The average molecular weight is 229 g/mol. The zero-order valence-corrected chi connectivity index (χ0v) is 7.88. The summed E-state index contributed by atoms with van der Waals surface area (Å²) in [5.74, 6) is -4.94. The van der Waals surface area contributed by atoms with Crippen LogP contribution in [0.5, 0.6) is 0 Å². The van der Waals surface area contributed by atoms with Crippen LogP contribution in [0.4, 0.5) is 8.78 Å². The molecule has 5 nitrogen and oxygen atoms in total. The molecule has 1 rings (SSSR count). The van der Waals surface area contributed by atoms with Gasteiger partial charge in [0.2, 0.25) is 0 Å². The third-order valence-electron chi connectivity index (χ3n) is 2.04. The largest absolute Gasteiger partial charge is 0.480 e. The molecule has 1 aliphatic rings. The predicted octanol–water partition coefficient (Wildman–Crippen LogP) is 0.0878. The van der Waals surface area contributed by atoms with Crippen molar-refractivity contribution in [1.82, 2.24) is 4.31 Å². The number of aliphatic carboxylic acids is 1. The summed E-state index contributed by atoms with van der Waals surface area (Å²) < 4.78 is 46.4. The molecule has 0 aliphatic carbocycles. The molecule has 14 heavy (non-hydrogen) atoms. The van der Waals surface area contributed by atoms with Crippen LogP contribution in [0.2, 0.25) is 0 Å². The van der Waals surface area contributed by atoms with Gasteiger partial charge in [-0.05, 0) is 12.8 Å². The maximum atomic E-state index is 12.1. The SMILES string of the molecule is O=C(O)[C@@H]1CCCN1S(=O)(=O)C(F)F. The number of carboxylic acid groups (broad SMARTS) is 1. The predicted molar refractivity (Wildman–Crippen MR) is 42.3 cm³/mol. The number of hydrogen-bond donors (Lipinski definition) is 1. The first-order chi connectivity index (χ1) is 6.37. The first-order valence-electron chi connectivity index (χ1n) is 3.89. The van der Waals surface area contributed by atoms with Crippen LogP contribution in [-0.2, 0) is 14.8 Å². The zero-order valence-electron chi connectivity index (χ0n) is 7.06. The van der Waals surface area contributed by atoms with Crippen molar-refractivity contribution in [3.63, 3.8) is 0 Å². The second kappa shape index (κ2) is 3.77. The van der Waals surface area contributed by atoms with Crippen LogP contribution in [0.25, 0.3) is 0 Å². The highest BCUT2D eigenvalue weighted by molar-refractivity contribution is 7.89. The van der Waals surface area contributed by atoms with Crippen molar-refractivity contribution in [2.75, 3.05) is 6.54 Å². The molecule has 0 spiro atoms. The highest BCUT2D eigenvalue weighted by atomic mass is 32.2. The van der Waals surface area contributed by atoms with Crippen molar-refractivity contribution in [2.45, 2.75) is 24.6 Å². The molecule has 1 heterocycles. The number of sulfonamides is 1. The second-order valence-corrected chi connectivity index (χ2v) is 4.77. The van der Waals surface area contributed by atoms with E-state index in [9.17, 15) is 22.0 Å². The summed E-state index contributed by atoms with van der Waals surface area (Å²) in [4.78, 5) is 10.5. The van der Waals surface area contributed by atoms with Gasteiger partial charge in [0.05, 0.1) is 0 Å². The van der Waals surface area contributed by atoms with E-state index in [4.69, 9.17) is 5.11 Å². The van der Waals surface area contributed by atoms with Gasteiger partial charge in [-0.2, -0.15) is 13.1 Å². The van der Waals surface area contributed by atoms with Gasteiger partial charge in [0.25, 0.3) is 10.0 Å². The molecule has 0 aromatic rings. The lowest BCUT2D eigenvalue weighted by Gasteiger charge is -2.19. The molecule has 0 unspecified atom stereocenters. The lowest BCUT2D eigenvalue weighted by Crippen LogP contribution is -2.42. The third-order valence-corrected chi connectivity index (χ3v) is 3.58. The summed E-state index contributed by atoms with van der Waals surface area (Å²) in [7, 11) is -4.75. The van der Waals surface area contributed by atoms with E-state index in [1.54, 1.807) is 0 Å². The smallest absolute Gasteiger partial charge is 0.350 e. The number of rotatable bonds is 3. The minimum absolute atomic E-state index is 0.0846. The van der Waals surface area contributed by atoms with Crippen molar-refractivity contribution in [3.05, 3.63) is 0 Å². The number of halogens is 2. The van der Waals surface area contributed by atoms with Crippen molar-refractivity contribution in [1.29, 1.82) is 0 Å². The third kappa shape index (κ3) is 1.85. The Kier molecular flexibility index (Phi) is 3.05. The van der Waals surface area contributed by atoms with Crippen molar-refractivity contribution < 1.29 is 27.1 Å². The van der Waals surface area contributed by atoms with Gasteiger partial charge in [0.15, 0.2) is 0 Å². The van der Waals surface area contributed by atoms with Crippen molar-refractivity contribution >= 4 is 16.0 Å². The van der Waals surface area contributed by atoms with Gasteiger partial charge in [-0.15, -0.1) is 0 Å². The molecule has 1 N–H and O–H groups in total. The number of carboxylic acids is 1. The molecular formula is C6H9F2NO4S. The number of carbonyl (C=O) groups is 1. The van der Waals surface area contributed by atoms with Crippen LogP contribution in [0, 0.1) is 0 Å². The Morgan fingerprint density at radius 2 is 2.07 bits per heavy atom. The van der Waals surface area contributed by atoms with E-state index in [1.165, 1.54) is 0 Å². The van der Waals surface area contributed by atoms with Gasteiger partial charge in [-0.3, -0.25) is 4.79 Å². The summed E-state index contributed by atoms with van der Waals surface area (Å²) in [6.07, 6.45) is 0.379. The van der Waals surface area contributed by atoms with Gasteiger partial charge < -0.3 is 5.11 Å². The molecule has 1 aliphatic heterocycles. The minimum Gasteiger partial charge on any atom is -0.480 e. The minimum atomic E-state index is -4.75. The van der Waals surface area contributed by atoms with Crippen LogP contribution >= 0.6 is 0 Å². The summed E-state index contributed by atoms with van der Waals surface area (Å²) in [6.45, 7) is -0.149. The molecule has 0 amide bonds. The fourth-order valence-corrected chi connectivity index (χ4v) is 2.53. The van der Waals surface area contributed by atoms with E-state index in [0.717, 1.165) is 0 Å². The number of hydrogen-bond acceptors (Lipinski definition) is 3. The highest BCUT2D eigenvalue weighted by Crippen LogP contribution is 2.24. The van der Waals surface area contributed by atoms with Gasteiger partial charge in [0.1, 0.15) is 6.04 Å². The lowest BCUT2D eigenvalue weighted by atomic mass is 10.2. The molecule has 0 saturated carbocycles. The van der Waals surface area contributed by atoms with E-state index in [-0.39, 0.29) is 13.0 Å². The van der Waals surface area contributed by atoms with E-state index >= 15 is 0 Å². The molecule has 1 atom stereocenters. The topological polar surface area (TPSA) is 74.7 Å². The van der Waals surface area contributed by atoms with Crippen molar-refractivity contribution in [3.8, 4) is 0 Å². The summed E-state index contributed by atoms with van der Waals surface area (Å²) in [6, 6.07) is -1.34. The Labute approximate surface area is 79.4 Å². The highest BCUT2D eigenvalue weighted by Gasteiger charge is 2.42. The Bertz CT molecular complexity index is 329. The number of alkyl halides is 2. The molecule has 8 heteroatoms. The first kappa shape index (κ1) is 11.3. The molecular weight excluding hydrogens is 220 g/mol. The molecule has 82 valence electrons. The van der Waals surface area contributed by atoms with Crippen LogP contribution in [0.1, 0.15) is 12.8 Å². The fourth-order valence-electron chi connectivity index (χ4n) is 1.39. The van der Waals surface area contributed by atoms with E-state index in [0.29, 0.717) is 10.7 Å². The zero-order chi connectivity index (χ0) is 10.9. The Balaban J connectivity index is 2.93. The van der Waals surface area contributed by atoms with E-state index < -0.39 is 27.8 Å². The monoisotopic (exact) mass is 229 g/mol. The standard InChI is InChI=1S/C6H9F2NO4S/c7-6(8)14(12,13)9-3-1-2-4(9)5(10)11/h4,6H,1-3H2,(H,10,11)/t4-/m0/s1. The van der Waals surface area contributed by atoms with Crippen molar-refractivity contribution in [2.24, 2.45) is 0 Å². The Morgan fingerprint density at radius 1 is 1.50 bits per heavy atom. The summed E-state index contributed by atoms with van der Waals surface area (Å²) >= 11 is 0. The first-order valence-corrected chi connectivity index (χ1v) is 5.39.